The van der Waals surface area contributed by atoms with Crippen LogP contribution in [0.4, 0.5) is 0 Å². The molecule has 5 nitrogen and oxygen atoms in total. The van der Waals surface area contributed by atoms with E-state index in [1.165, 1.54) is 11.3 Å². The predicted molar refractivity (Wildman–Crippen MR) is 102 cm³/mol. The largest absolute Gasteiger partial charge is 0.379 e. The molecule has 1 N–H and O–H groups in total. The molecule has 1 aliphatic rings. The minimum absolute atomic E-state index is 0.0599. The molecular weight excluding hydrogens is 358 g/mol. The van der Waals surface area contributed by atoms with Gasteiger partial charge in [-0.15, -0.1) is 11.3 Å². The fourth-order valence-electron chi connectivity index (χ4n) is 2.77. The third kappa shape index (κ3) is 4.79. The second-order valence-electron chi connectivity index (χ2n) is 5.98. The molecule has 2 aromatic rings. The van der Waals surface area contributed by atoms with Gasteiger partial charge in [0.25, 0.3) is 5.91 Å². The molecule has 1 saturated heterocycles. The Morgan fingerprint density at radius 1 is 1.36 bits per heavy atom. The van der Waals surface area contributed by atoms with Gasteiger partial charge in [-0.3, -0.25) is 9.69 Å². The maximum Gasteiger partial charge on any atom is 0.263 e. The highest BCUT2D eigenvalue weighted by atomic mass is 35.5. The Labute approximate surface area is 157 Å². The summed E-state index contributed by atoms with van der Waals surface area (Å²) in [5, 5.41) is 4.43. The van der Waals surface area contributed by atoms with Gasteiger partial charge in [0, 0.05) is 25.2 Å². The number of hydrogen-bond donors (Lipinski definition) is 1. The van der Waals surface area contributed by atoms with E-state index < -0.39 is 0 Å². The van der Waals surface area contributed by atoms with Crippen LogP contribution in [0.5, 0.6) is 0 Å². The molecule has 1 amide bonds. The number of nitrogens with zero attached hydrogens (tertiary/aromatic N) is 2. The van der Waals surface area contributed by atoms with Crippen LogP contribution < -0.4 is 5.32 Å². The first kappa shape index (κ1) is 18.3. The number of aromatic nitrogens is 1. The van der Waals surface area contributed by atoms with Crippen LogP contribution in [0, 0.1) is 6.92 Å². The van der Waals surface area contributed by atoms with Gasteiger partial charge in [-0.25, -0.2) is 4.98 Å². The Kier molecular flexibility index (Phi) is 6.42. The van der Waals surface area contributed by atoms with Gasteiger partial charge >= 0.3 is 0 Å². The van der Waals surface area contributed by atoms with E-state index in [0.717, 1.165) is 55.5 Å². The van der Waals surface area contributed by atoms with E-state index in [1.54, 1.807) is 0 Å². The van der Waals surface area contributed by atoms with Crippen molar-refractivity contribution in [3.63, 3.8) is 0 Å². The number of rotatable bonds is 6. The molecule has 1 fully saturated rings. The Hall–Kier alpha value is -1.47. The topological polar surface area (TPSA) is 54.5 Å². The lowest BCUT2D eigenvalue weighted by atomic mass is 10.2. The predicted octanol–water partition coefficient (Wildman–Crippen LogP) is 3.22. The maximum absolute atomic E-state index is 12.4. The van der Waals surface area contributed by atoms with Gasteiger partial charge in [-0.05, 0) is 26.0 Å². The molecule has 0 radical (unpaired) electrons. The highest BCUT2D eigenvalue weighted by Gasteiger charge is 2.17. The monoisotopic (exact) mass is 379 g/mol. The lowest BCUT2D eigenvalue weighted by Gasteiger charge is -2.26. The number of hydrogen-bond acceptors (Lipinski definition) is 5. The number of carbonyl (C=O) groups is 1. The lowest BCUT2D eigenvalue weighted by molar-refractivity contribution is 0.0374. The van der Waals surface area contributed by atoms with Crippen LogP contribution >= 0.6 is 22.9 Å². The Morgan fingerprint density at radius 3 is 2.88 bits per heavy atom. The van der Waals surface area contributed by atoms with Crippen LogP contribution in [0.25, 0.3) is 10.6 Å². The summed E-state index contributed by atoms with van der Waals surface area (Å²) in [5.41, 5.74) is 1.61. The van der Waals surface area contributed by atoms with Crippen molar-refractivity contribution >= 4 is 28.8 Å². The van der Waals surface area contributed by atoms with Gasteiger partial charge in [-0.1, -0.05) is 29.8 Å². The molecule has 134 valence electrons. The zero-order valence-electron chi connectivity index (χ0n) is 14.3. The van der Waals surface area contributed by atoms with E-state index in [1.807, 2.05) is 31.2 Å². The number of nitrogens with one attached hydrogen (secondary N) is 1. The fourth-order valence-corrected chi connectivity index (χ4v) is 4.07. The minimum Gasteiger partial charge on any atom is -0.379 e. The number of ether oxygens (including phenoxy) is 1. The van der Waals surface area contributed by atoms with Crippen molar-refractivity contribution in [3.8, 4) is 10.6 Å². The fraction of sp³-hybridized carbons (Fsp3) is 0.444. The van der Waals surface area contributed by atoms with Crippen molar-refractivity contribution in [2.24, 2.45) is 0 Å². The van der Waals surface area contributed by atoms with Crippen molar-refractivity contribution in [2.75, 3.05) is 39.4 Å². The normalized spacial score (nSPS) is 15.3. The average Bonchev–Trinajstić information content (AvgIpc) is 3.01. The Bertz CT molecular complexity index is 729. The summed E-state index contributed by atoms with van der Waals surface area (Å²) in [6, 6.07) is 7.56. The first-order valence-electron chi connectivity index (χ1n) is 8.46. The second kappa shape index (κ2) is 8.76. The third-order valence-corrected chi connectivity index (χ3v) is 5.67. The van der Waals surface area contributed by atoms with Gasteiger partial charge in [0.2, 0.25) is 0 Å². The first-order chi connectivity index (χ1) is 12.1. The molecule has 3 rings (SSSR count). The summed E-state index contributed by atoms with van der Waals surface area (Å²) in [6.45, 7) is 7.06. The number of benzene rings is 1. The summed E-state index contributed by atoms with van der Waals surface area (Å²) in [5.74, 6) is -0.0599. The van der Waals surface area contributed by atoms with Gasteiger partial charge < -0.3 is 10.1 Å². The van der Waals surface area contributed by atoms with Crippen molar-refractivity contribution < 1.29 is 9.53 Å². The summed E-state index contributed by atoms with van der Waals surface area (Å²) in [4.78, 5) is 20.0. The molecule has 0 atom stereocenters. The van der Waals surface area contributed by atoms with Gasteiger partial charge in [0.05, 0.1) is 23.9 Å². The van der Waals surface area contributed by atoms with E-state index in [2.05, 4.69) is 15.2 Å². The number of thiazole rings is 1. The first-order valence-corrected chi connectivity index (χ1v) is 9.65. The Balaban J connectivity index is 1.54. The van der Waals surface area contributed by atoms with Crippen LogP contribution in [0.15, 0.2) is 24.3 Å². The van der Waals surface area contributed by atoms with Gasteiger partial charge in [0.15, 0.2) is 0 Å². The summed E-state index contributed by atoms with van der Waals surface area (Å²) < 4.78 is 5.34. The number of carbonyl (C=O) groups excluding carboxylic acids is 1. The molecule has 2 heterocycles. The molecule has 1 aromatic heterocycles. The number of halogens is 1. The molecule has 0 aliphatic carbocycles. The van der Waals surface area contributed by atoms with Crippen LogP contribution in [0.2, 0.25) is 5.02 Å². The highest BCUT2D eigenvalue weighted by molar-refractivity contribution is 7.17. The molecule has 1 aromatic carbocycles. The van der Waals surface area contributed by atoms with Crippen LogP contribution in [-0.4, -0.2) is 55.2 Å². The quantitative estimate of drug-likeness (QED) is 0.783. The molecular formula is C18H22ClN3O2S. The molecule has 1 aliphatic heterocycles. The van der Waals surface area contributed by atoms with Gasteiger partial charge in [-0.2, -0.15) is 0 Å². The maximum atomic E-state index is 12.4. The molecule has 25 heavy (non-hydrogen) atoms. The zero-order valence-corrected chi connectivity index (χ0v) is 15.8. The van der Waals surface area contributed by atoms with E-state index in [9.17, 15) is 4.79 Å². The summed E-state index contributed by atoms with van der Waals surface area (Å²) >= 11 is 7.62. The average molecular weight is 380 g/mol. The van der Waals surface area contributed by atoms with Crippen LogP contribution in [-0.2, 0) is 4.74 Å². The summed E-state index contributed by atoms with van der Waals surface area (Å²) in [6.07, 6.45) is 0.932. The molecule has 0 saturated carbocycles. The zero-order chi connectivity index (χ0) is 17.6. The smallest absolute Gasteiger partial charge is 0.263 e. The number of aryl methyl sites for hydroxylation is 1. The molecule has 0 unspecified atom stereocenters. The minimum atomic E-state index is -0.0599. The molecule has 7 heteroatoms. The van der Waals surface area contributed by atoms with E-state index >= 15 is 0 Å². The molecule has 0 bridgehead atoms. The van der Waals surface area contributed by atoms with Crippen molar-refractivity contribution in [1.82, 2.24) is 15.2 Å². The van der Waals surface area contributed by atoms with E-state index in [0.29, 0.717) is 16.4 Å². The SMILES string of the molecule is Cc1nc(-c2ccccc2Cl)sc1C(=O)NCCCN1CCOCC1. The van der Waals surface area contributed by atoms with Gasteiger partial charge in [0.1, 0.15) is 9.88 Å². The third-order valence-electron chi connectivity index (χ3n) is 4.15. The van der Waals surface area contributed by atoms with Crippen molar-refractivity contribution in [2.45, 2.75) is 13.3 Å². The lowest BCUT2D eigenvalue weighted by Crippen LogP contribution is -2.38. The molecule has 0 spiro atoms. The Morgan fingerprint density at radius 2 is 2.12 bits per heavy atom. The second-order valence-corrected chi connectivity index (χ2v) is 7.38. The van der Waals surface area contributed by atoms with Crippen molar-refractivity contribution in [3.05, 3.63) is 39.9 Å². The number of amides is 1. The van der Waals surface area contributed by atoms with Crippen molar-refractivity contribution in [1.29, 1.82) is 0 Å². The summed E-state index contributed by atoms with van der Waals surface area (Å²) in [7, 11) is 0. The number of morpholine rings is 1. The standard InChI is InChI=1S/C18H22ClN3O2S/c1-13-16(25-18(21-13)14-5-2-3-6-15(14)19)17(23)20-7-4-8-22-9-11-24-12-10-22/h2-3,5-6H,4,7-12H2,1H3,(H,20,23). The van der Waals surface area contributed by atoms with Crippen LogP contribution in [0.3, 0.4) is 0 Å². The highest BCUT2D eigenvalue weighted by Crippen LogP contribution is 2.32. The van der Waals surface area contributed by atoms with E-state index in [-0.39, 0.29) is 5.91 Å². The van der Waals surface area contributed by atoms with Crippen LogP contribution in [0.1, 0.15) is 21.8 Å². The van der Waals surface area contributed by atoms with E-state index in [4.69, 9.17) is 16.3 Å².